The molecule has 0 atom stereocenters. The van der Waals surface area contributed by atoms with E-state index < -0.39 is 18.0 Å². The van der Waals surface area contributed by atoms with Crippen molar-refractivity contribution in [1.82, 2.24) is 0 Å². The average Bonchev–Trinajstić information content (AvgIpc) is 2.87. The third kappa shape index (κ3) is 6.08. The zero-order chi connectivity index (χ0) is 26.5. The van der Waals surface area contributed by atoms with Gasteiger partial charge in [0, 0.05) is 11.4 Å². The van der Waals surface area contributed by atoms with Crippen molar-refractivity contribution in [1.29, 1.82) is 0 Å². The van der Waals surface area contributed by atoms with E-state index in [0.717, 1.165) is 24.3 Å². The molecule has 4 nitrogen and oxygen atoms in total. The van der Waals surface area contributed by atoms with Crippen molar-refractivity contribution in [3.8, 4) is 23.0 Å². The van der Waals surface area contributed by atoms with Gasteiger partial charge in [-0.1, -0.05) is 36.4 Å². The maximum atomic E-state index is 15.6. The molecule has 37 heavy (non-hydrogen) atoms. The molecule has 10 heteroatoms. The summed E-state index contributed by atoms with van der Waals surface area (Å²) in [5.74, 6) is -8.76. The molecule has 0 spiro atoms. The monoisotopic (exact) mass is 518 g/mol. The zero-order valence-electron chi connectivity index (χ0n) is 19.0. The summed E-state index contributed by atoms with van der Waals surface area (Å²) in [6.45, 7) is 0. The van der Waals surface area contributed by atoms with Gasteiger partial charge in [-0.25, -0.2) is 0 Å². The highest BCUT2D eigenvalue weighted by Gasteiger charge is 2.72. The number of hydrogen-bond donors (Lipinski definition) is 2. The lowest BCUT2D eigenvalue weighted by Gasteiger charge is -2.36. The van der Waals surface area contributed by atoms with Gasteiger partial charge in [0.2, 0.25) is 0 Å². The van der Waals surface area contributed by atoms with E-state index in [9.17, 15) is 22.0 Å². The second-order valence-electron chi connectivity index (χ2n) is 7.86. The maximum Gasteiger partial charge on any atom is 0.461 e. The first-order chi connectivity index (χ1) is 17.6. The summed E-state index contributed by atoms with van der Waals surface area (Å²) in [6, 6.07) is 26.9. The van der Waals surface area contributed by atoms with E-state index in [0.29, 0.717) is 11.5 Å². The minimum atomic E-state index is -6.20. The number of nitrogens with one attached hydrogen (secondary N) is 2. The standard InChI is InChI=1S/C27H20F6N2O2/c28-25(29,26(30,31)32)27(33,34-19-11-15-23(16-12-19)36-21-7-3-1-4-8-21)35-20-13-17-24(18-14-20)37-22-9-5-2-6-10-22/h1-18,34-35H. The Morgan fingerprint density at radius 1 is 0.432 bits per heavy atom. The molecular formula is C27H20F6N2O2. The third-order valence-electron chi connectivity index (χ3n) is 5.09. The lowest BCUT2D eigenvalue weighted by atomic mass is 10.1. The van der Waals surface area contributed by atoms with Crippen molar-refractivity contribution >= 4 is 11.4 Å². The van der Waals surface area contributed by atoms with Crippen LogP contribution in [0.2, 0.25) is 0 Å². The third-order valence-corrected chi connectivity index (χ3v) is 5.09. The number of benzene rings is 4. The molecule has 0 fully saturated rings. The molecule has 4 aromatic rings. The number of anilines is 2. The van der Waals surface area contributed by atoms with Crippen LogP contribution < -0.4 is 20.1 Å². The normalized spacial score (nSPS) is 12.1. The predicted molar refractivity (Wildman–Crippen MR) is 128 cm³/mol. The lowest BCUT2D eigenvalue weighted by Crippen LogP contribution is -2.63. The summed E-state index contributed by atoms with van der Waals surface area (Å²) in [6.07, 6.45) is -6.20. The molecule has 0 aliphatic heterocycles. The summed E-state index contributed by atoms with van der Waals surface area (Å²) < 4.78 is 95.2. The van der Waals surface area contributed by atoms with E-state index in [1.165, 1.54) is 24.3 Å². The van der Waals surface area contributed by atoms with Crippen LogP contribution in [-0.4, -0.2) is 18.0 Å². The second-order valence-corrected chi connectivity index (χ2v) is 7.86. The van der Waals surface area contributed by atoms with Crippen LogP contribution in [0.3, 0.4) is 0 Å². The highest BCUT2D eigenvalue weighted by Crippen LogP contribution is 2.46. The quantitative estimate of drug-likeness (QED) is 0.132. The van der Waals surface area contributed by atoms with Crippen LogP contribution in [0, 0.1) is 0 Å². The molecule has 0 radical (unpaired) electrons. The average molecular weight is 518 g/mol. The fourth-order valence-electron chi connectivity index (χ4n) is 3.24. The molecule has 4 aromatic carbocycles. The van der Waals surface area contributed by atoms with Crippen LogP contribution in [0.25, 0.3) is 0 Å². The topological polar surface area (TPSA) is 42.5 Å². The first kappa shape index (κ1) is 25.7. The van der Waals surface area contributed by atoms with Crippen LogP contribution in [0.4, 0.5) is 37.7 Å². The van der Waals surface area contributed by atoms with Gasteiger partial charge < -0.3 is 20.1 Å². The predicted octanol–water partition coefficient (Wildman–Crippen LogP) is 8.62. The molecular weight excluding hydrogens is 498 g/mol. The smallest absolute Gasteiger partial charge is 0.457 e. The van der Waals surface area contributed by atoms with Crippen molar-refractivity contribution in [2.75, 3.05) is 10.6 Å². The maximum absolute atomic E-state index is 15.6. The van der Waals surface area contributed by atoms with Gasteiger partial charge in [0.15, 0.2) is 0 Å². The fourth-order valence-corrected chi connectivity index (χ4v) is 3.24. The van der Waals surface area contributed by atoms with E-state index in [4.69, 9.17) is 9.47 Å². The minimum absolute atomic E-state index is 0.269. The molecule has 4 rings (SSSR count). The van der Waals surface area contributed by atoms with Crippen molar-refractivity contribution in [3.05, 3.63) is 109 Å². The molecule has 0 amide bonds. The highest BCUT2D eigenvalue weighted by molar-refractivity contribution is 5.55. The number of alkyl halides is 6. The largest absolute Gasteiger partial charge is 0.461 e. The van der Waals surface area contributed by atoms with Crippen LogP contribution in [0.1, 0.15) is 0 Å². The first-order valence-electron chi connectivity index (χ1n) is 10.9. The van der Waals surface area contributed by atoms with E-state index in [1.807, 2.05) is 0 Å². The Hall–Kier alpha value is -4.34. The van der Waals surface area contributed by atoms with Crippen LogP contribution in [0.5, 0.6) is 23.0 Å². The SMILES string of the molecule is FC(F)(F)C(F)(F)C(F)(Nc1ccc(Oc2ccccc2)cc1)Nc1ccc(Oc2ccccc2)cc1. The van der Waals surface area contributed by atoms with Gasteiger partial charge in [0.05, 0.1) is 0 Å². The number of hydrogen-bond acceptors (Lipinski definition) is 4. The van der Waals surface area contributed by atoms with Gasteiger partial charge in [-0.05, 0) is 72.8 Å². The second kappa shape index (κ2) is 10.3. The Kier molecular flexibility index (Phi) is 7.19. The van der Waals surface area contributed by atoms with Crippen LogP contribution >= 0.6 is 0 Å². The van der Waals surface area contributed by atoms with Gasteiger partial charge in [-0.2, -0.15) is 26.3 Å². The Labute approximate surface area is 208 Å². The van der Waals surface area contributed by atoms with Gasteiger partial charge in [0.25, 0.3) is 0 Å². The van der Waals surface area contributed by atoms with Gasteiger partial charge in [-0.3, -0.25) is 0 Å². The molecule has 0 saturated heterocycles. The number of halogens is 6. The summed E-state index contributed by atoms with van der Waals surface area (Å²) in [5.41, 5.74) is -0.688. The van der Waals surface area contributed by atoms with E-state index in [-0.39, 0.29) is 22.9 Å². The van der Waals surface area contributed by atoms with Crippen molar-refractivity contribution < 1.29 is 35.8 Å². The summed E-state index contributed by atoms with van der Waals surface area (Å²) >= 11 is 0. The van der Waals surface area contributed by atoms with E-state index in [1.54, 1.807) is 71.3 Å². The first-order valence-corrected chi connectivity index (χ1v) is 10.9. The van der Waals surface area contributed by atoms with Gasteiger partial charge >= 0.3 is 18.0 Å². The molecule has 2 N–H and O–H groups in total. The Morgan fingerprint density at radius 3 is 1.08 bits per heavy atom. The fraction of sp³-hybridized carbons (Fsp3) is 0.111. The van der Waals surface area contributed by atoms with Crippen molar-refractivity contribution in [2.24, 2.45) is 0 Å². The molecule has 0 aliphatic rings. The Balaban J connectivity index is 1.54. The van der Waals surface area contributed by atoms with Crippen molar-refractivity contribution in [3.63, 3.8) is 0 Å². The lowest BCUT2D eigenvalue weighted by molar-refractivity contribution is -0.317. The van der Waals surface area contributed by atoms with Crippen LogP contribution in [-0.2, 0) is 0 Å². The van der Waals surface area contributed by atoms with E-state index in [2.05, 4.69) is 0 Å². The molecule has 0 heterocycles. The van der Waals surface area contributed by atoms with Crippen molar-refractivity contribution in [2.45, 2.75) is 18.0 Å². The number of para-hydroxylation sites is 2. The highest BCUT2D eigenvalue weighted by atomic mass is 19.4. The minimum Gasteiger partial charge on any atom is -0.457 e. The molecule has 0 aromatic heterocycles. The molecule has 0 bridgehead atoms. The Bertz CT molecular complexity index is 1200. The summed E-state index contributed by atoms with van der Waals surface area (Å²) in [4.78, 5) is 0. The summed E-state index contributed by atoms with van der Waals surface area (Å²) in [5, 5.41) is 3.32. The number of rotatable bonds is 9. The van der Waals surface area contributed by atoms with Gasteiger partial charge in [-0.15, -0.1) is 0 Å². The molecule has 0 aliphatic carbocycles. The van der Waals surface area contributed by atoms with E-state index >= 15 is 4.39 Å². The molecule has 0 unspecified atom stereocenters. The molecule has 192 valence electrons. The zero-order valence-corrected chi connectivity index (χ0v) is 19.0. The molecule has 0 saturated carbocycles. The Morgan fingerprint density at radius 2 is 0.757 bits per heavy atom. The van der Waals surface area contributed by atoms with Gasteiger partial charge in [0.1, 0.15) is 23.0 Å². The number of ether oxygens (including phenoxy) is 2. The van der Waals surface area contributed by atoms with Crippen LogP contribution in [0.15, 0.2) is 109 Å². The summed E-state index contributed by atoms with van der Waals surface area (Å²) in [7, 11) is 0.